The van der Waals surface area contributed by atoms with E-state index in [9.17, 15) is 8.42 Å². The van der Waals surface area contributed by atoms with Gasteiger partial charge in [0.1, 0.15) is 0 Å². The number of hydrogen-bond donors (Lipinski definition) is 2. The lowest BCUT2D eigenvalue weighted by Crippen LogP contribution is -2.51. The molecule has 1 aliphatic rings. The molecule has 0 bridgehead atoms. The van der Waals surface area contributed by atoms with Crippen LogP contribution in [-0.2, 0) is 16.4 Å². The van der Waals surface area contributed by atoms with Crippen molar-refractivity contribution in [3.8, 4) is 0 Å². The zero-order valence-corrected chi connectivity index (χ0v) is 13.7. The maximum absolute atomic E-state index is 12.5. The quantitative estimate of drug-likeness (QED) is 0.845. The number of piperidine rings is 1. The summed E-state index contributed by atoms with van der Waals surface area (Å²) in [5.74, 6) is 0. The van der Waals surface area contributed by atoms with E-state index in [1.807, 2.05) is 32.0 Å². The number of benzene rings is 1. The van der Waals surface area contributed by atoms with Crippen molar-refractivity contribution >= 4 is 10.0 Å². The maximum atomic E-state index is 12.5. The van der Waals surface area contributed by atoms with Crippen LogP contribution in [0.4, 0.5) is 0 Å². The van der Waals surface area contributed by atoms with Crippen LogP contribution in [0.5, 0.6) is 0 Å². The lowest BCUT2D eigenvalue weighted by molar-refractivity contribution is 0.410. The third kappa shape index (κ3) is 5.09. The maximum Gasteiger partial charge on any atom is 0.216 e. The van der Waals surface area contributed by atoms with Crippen LogP contribution >= 0.6 is 0 Å². The van der Waals surface area contributed by atoms with E-state index in [0.717, 1.165) is 32.2 Å². The molecular formula is C16H26N2O2S. The average molecular weight is 310 g/mol. The van der Waals surface area contributed by atoms with Crippen molar-refractivity contribution in [3.05, 3.63) is 35.9 Å². The van der Waals surface area contributed by atoms with E-state index in [1.54, 1.807) is 0 Å². The third-order valence-corrected chi connectivity index (χ3v) is 6.11. The van der Waals surface area contributed by atoms with Crippen LogP contribution < -0.4 is 10.0 Å². The number of aryl methyl sites for hydroxylation is 1. The molecule has 21 heavy (non-hydrogen) atoms. The van der Waals surface area contributed by atoms with Crippen LogP contribution in [-0.4, -0.2) is 32.3 Å². The summed E-state index contributed by atoms with van der Waals surface area (Å²) in [4.78, 5) is 0. The first-order chi connectivity index (χ1) is 9.89. The number of hydrogen-bond acceptors (Lipinski definition) is 3. The van der Waals surface area contributed by atoms with Gasteiger partial charge in [-0.05, 0) is 51.6 Å². The van der Waals surface area contributed by atoms with Crippen molar-refractivity contribution in [3.63, 3.8) is 0 Å². The molecule has 1 fully saturated rings. The molecule has 0 saturated carbocycles. The Bertz CT molecular complexity index is 535. The van der Waals surface area contributed by atoms with E-state index in [-0.39, 0.29) is 5.25 Å². The molecule has 0 radical (unpaired) electrons. The zero-order chi connectivity index (χ0) is 15.3. The highest BCUT2D eigenvalue weighted by Gasteiger charge is 2.32. The van der Waals surface area contributed by atoms with Crippen LogP contribution in [0, 0.1) is 0 Å². The van der Waals surface area contributed by atoms with E-state index in [2.05, 4.69) is 22.2 Å². The topological polar surface area (TPSA) is 58.2 Å². The SMILES string of the molecule is CC(C)(CCc1ccccc1)NS(=O)(=O)C1CCCNC1. The number of nitrogens with one attached hydrogen (secondary N) is 2. The number of rotatable bonds is 6. The Kier molecular flexibility index (Phi) is 5.41. The molecule has 1 unspecified atom stereocenters. The molecule has 1 atom stereocenters. The van der Waals surface area contributed by atoms with Crippen LogP contribution in [0.2, 0.25) is 0 Å². The monoisotopic (exact) mass is 310 g/mol. The van der Waals surface area contributed by atoms with Gasteiger partial charge >= 0.3 is 0 Å². The third-order valence-electron chi connectivity index (χ3n) is 3.99. The fraction of sp³-hybridized carbons (Fsp3) is 0.625. The molecule has 0 aromatic heterocycles. The van der Waals surface area contributed by atoms with E-state index in [1.165, 1.54) is 5.56 Å². The van der Waals surface area contributed by atoms with Crippen molar-refractivity contribution in [2.24, 2.45) is 0 Å². The second-order valence-corrected chi connectivity index (χ2v) is 8.45. The van der Waals surface area contributed by atoms with Gasteiger partial charge in [0, 0.05) is 12.1 Å². The molecule has 1 aliphatic heterocycles. The fourth-order valence-electron chi connectivity index (χ4n) is 2.71. The summed E-state index contributed by atoms with van der Waals surface area (Å²) in [6.07, 6.45) is 3.34. The summed E-state index contributed by atoms with van der Waals surface area (Å²) in [6.45, 7) is 5.40. The predicted molar refractivity (Wildman–Crippen MR) is 86.8 cm³/mol. The standard InChI is InChI=1S/C16H26N2O2S/c1-16(2,11-10-14-7-4-3-5-8-14)18-21(19,20)15-9-6-12-17-13-15/h3-5,7-8,15,17-18H,6,9-13H2,1-2H3. The summed E-state index contributed by atoms with van der Waals surface area (Å²) in [6, 6.07) is 10.2. The first-order valence-electron chi connectivity index (χ1n) is 7.66. The van der Waals surface area contributed by atoms with Gasteiger partial charge in [-0.1, -0.05) is 30.3 Å². The minimum absolute atomic E-state index is 0.303. The van der Waals surface area contributed by atoms with Crippen LogP contribution in [0.3, 0.4) is 0 Å². The summed E-state index contributed by atoms with van der Waals surface area (Å²) in [7, 11) is -3.26. The molecule has 1 heterocycles. The smallest absolute Gasteiger partial charge is 0.216 e. The minimum Gasteiger partial charge on any atom is -0.315 e. The molecule has 2 rings (SSSR count). The molecule has 0 aliphatic carbocycles. The Hall–Kier alpha value is -0.910. The second-order valence-electron chi connectivity index (χ2n) is 6.48. The van der Waals surface area contributed by atoms with Gasteiger partial charge in [-0.2, -0.15) is 0 Å². The number of sulfonamides is 1. The molecule has 2 N–H and O–H groups in total. The Morgan fingerprint density at radius 2 is 2.00 bits per heavy atom. The highest BCUT2D eigenvalue weighted by molar-refractivity contribution is 7.90. The second kappa shape index (κ2) is 6.90. The lowest BCUT2D eigenvalue weighted by atomic mass is 9.97. The molecular weight excluding hydrogens is 284 g/mol. The van der Waals surface area contributed by atoms with Crippen LogP contribution in [0.15, 0.2) is 30.3 Å². The van der Waals surface area contributed by atoms with Gasteiger partial charge in [0.2, 0.25) is 10.0 Å². The van der Waals surface area contributed by atoms with Gasteiger partial charge in [0.05, 0.1) is 5.25 Å². The summed E-state index contributed by atoms with van der Waals surface area (Å²) in [5, 5.41) is 2.86. The van der Waals surface area contributed by atoms with Gasteiger partial charge in [0.25, 0.3) is 0 Å². The van der Waals surface area contributed by atoms with E-state index >= 15 is 0 Å². The predicted octanol–water partition coefficient (Wildman–Crippen LogP) is 2.07. The van der Waals surface area contributed by atoms with Crippen molar-refractivity contribution in [1.29, 1.82) is 0 Å². The fourth-order valence-corrected chi connectivity index (χ4v) is 4.56. The van der Waals surface area contributed by atoms with E-state index in [4.69, 9.17) is 0 Å². The Balaban J connectivity index is 1.93. The molecule has 0 spiro atoms. The van der Waals surface area contributed by atoms with Crippen molar-refractivity contribution in [2.75, 3.05) is 13.1 Å². The van der Waals surface area contributed by atoms with Crippen molar-refractivity contribution in [2.45, 2.75) is 50.3 Å². The zero-order valence-electron chi connectivity index (χ0n) is 12.9. The van der Waals surface area contributed by atoms with E-state index < -0.39 is 15.6 Å². The minimum atomic E-state index is -3.26. The normalized spacial score (nSPS) is 20.4. The van der Waals surface area contributed by atoms with Gasteiger partial charge in [-0.15, -0.1) is 0 Å². The highest BCUT2D eigenvalue weighted by atomic mass is 32.2. The molecule has 4 nitrogen and oxygen atoms in total. The molecule has 1 aromatic carbocycles. The van der Waals surface area contributed by atoms with Crippen molar-refractivity contribution in [1.82, 2.24) is 10.0 Å². The van der Waals surface area contributed by atoms with E-state index in [0.29, 0.717) is 6.54 Å². The summed E-state index contributed by atoms with van der Waals surface area (Å²) >= 11 is 0. The van der Waals surface area contributed by atoms with Crippen LogP contribution in [0.1, 0.15) is 38.7 Å². The lowest BCUT2D eigenvalue weighted by Gasteiger charge is -2.30. The average Bonchev–Trinajstić information content (AvgIpc) is 2.46. The van der Waals surface area contributed by atoms with Crippen LogP contribution in [0.25, 0.3) is 0 Å². The molecule has 5 heteroatoms. The summed E-state index contributed by atoms with van der Waals surface area (Å²) in [5.41, 5.74) is 0.815. The Labute approximate surface area is 128 Å². The van der Waals surface area contributed by atoms with Crippen molar-refractivity contribution < 1.29 is 8.42 Å². The largest absolute Gasteiger partial charge is 0.315 e. The van der Waals surface area contributed by atoms with Gasteiger partial charge < -0.3 is 5.32 Å². The first-order valence-corrected chi connectivity index (χ1v) is 9.21. The Morgan fingerprint density at radius 3 is 2.62 bits per heavy atom. The molecule has 118 valence electrons. The van der Waals surface area contributed by atoms with Gasteiger partial charge in [-0.3, -0.25) is 0 Å². The molecule has 1 aromatic rings. The van der Waals surface area contributed by atoms with Gasteiger partial charge in [-0.25, -0.2) is 13.1 Å². The summed E-state index contributed by atoms with van der Waals surface area (Å²) < 4.78 is 27.8. The van der Waals surface area contributed by atoms with Gasteiger partial charge in [0.15, 0.2) is 0 Å². The first kappa shape index (κ1) is 16.5. The molecule has 1 saturated heterocycles. The highest BCUT2D eigenvalue weighted by Crippen LogP contribution is 2.18. The molecule has 0 amide bonds. The Morgan fingerprint density at radius 1 is 1.29 bits per heavy atom.